The van der Waals surface area contributed by atoms with Gasteiger partial charge in [-0.15, -0.1) is 0 Å². The SMILES string of the molecule is COc1cccc(Cc2ncco2)c1. The zero-order chi connectivity index (χ0) is 9.80. The van der Waals surface area contributed by atoms with Gasteiger partial charge in [-0.05, 0) is 17.7 Å². The number of hydrogen-bond acceptors (Lipinski definition) is 3. The van der Waals surface area contributed by atoms with Gasteiger partial charge >= 0.3 is 0 Å². The lowest BCUT2D eigenvalue weighted by Gasteiger charge is -2.01. The van der Waals surface area contributed by atoms with Gasteiger partial charge in [0.15, 0.2) is 5.89 Å². The summed E-state index contributed by atoms with van der Waals surface area (Å²) in [5.74, 6) is 1.58. The number of hydrogen-bond donors (Lipinski definition) is 0. The van der Waals surface area contributed by atoms with E-state index in [1.165, 1.54) is 0 Å². The molecule has 0 aliphatic rings. The maximum Gasteiger partial charge on any atom is 0.198 e. The molecule has 0 aliphatic heterocycles. The highest BCUT2D eigenvalue weighted by Gasteiger charge is 2.00. The summed E-state index contributed by atoms with van der Waals surface area (Å²) in [5.41, 5.74) is 1.13. The third kappa shape index (κ3) is 1.93. The van der Waals surface area contributed by atoms with Crippen LogP contribution in [0.4, 0.5) is 0 Å². The van der Waals surface area contributed by atoms with E-state index >= 15 is 0 Å². The average molecular weight is 189 g/mol. The minimum absolute atomic E-state index is 0.699. The van der Waals surface area contributed by atoms with Crippen molar-refractivity contribution in [2.75, 3.05) is 7.11 Å². The largest absolute Gasteiger partial charge is 0.497 e. The molecule has 1 aromatic carbocycles. The summed E-state index contributed by atoms with van der Waals surface area (Å²) in [4.78, 5) is 4.06. The van der Waals surface area contributed by atoms with Gasteiger partial charge in [0.05, 0.1) is 13.3 Å². The average Bonchev–Trinajstić information content (AvgIpc) is 2.71. The van der Waals surface area contributed by atoms with Crippen LogP contribution in [-0.4, -0.2) is 12.1 Å². The summed E-state index contributed by atoms with van der Waals surface area (Å²) in [6, 6.07) is 7.87. The quantitative estimate of drug-likeness (QED) is 0.743. The van der Waals surface area contributed by atoms with Crippen molar-refractivity contribution in [1.29, 1.82) is 0 Å². The summed E-state index contributed by atoms with van der Waals surface area (Å²) in [6.45, 7) is 0. The Balaban J connectivity index is 2.17. The van der Waals surface area contributed by atoms with Gasteiger partial charge in [-0.3, -0.25) is 0 Å². The molecule has 0 amide bonds. The summed E-state index contributed by atoms with van der Waals surface area (Å²) in [6.07, 6.45) is 3.93. The second kappa shape index (κ2) is 3.96. The van der Waals surface area contributed by atoms with Crippen LogP contribution < -0.4 is 4.74 Å². The molecule has 3 heteroatoms. The highest BCUT2D eigenvalue weighted by atomic mass is 16.5. The highest BCUT2D eigenvalue weighted by Crippen LogP contribution is 2.15. The molecule has 2 rings (SSSR count). The van der Waals surface area contributed by atoms with Crippen molar-refractivity contribution in [2.45, 2.75) is 6.42 Å². The second-order valence-electron chi connectivity index (χ2n) is 2.95. The fraction of sp³-hybridized carbons (Fsp3) is 0.182. The zero-order valence-electron chi connectivity index (χ0n) is 7.93. The first-order chi connectivity index (χ1) is 6.88. The van der Waals surface area contributed by atoms with Crippen LogP contribution in [0.25, 0.3) is 0 Å². The van der Waals surface area contributed by atoms with Crippen LogP contribution in [0.2, 0.25) is 0 Å². The maximum absolute atomic E-state index is 5.16. The Kier molecular flexibility index (Phi) is 2.49. The van der Waals surface area contributed by atoms with E-state index in [2.05, 4.69) is 4.98 Å². The monoisotopic (exact) mass is 189 g/mol. The molecule has 0 radical (unpaired) electrons. The van der Waals surface area contributed by atoms with Gasteiger partial charge in [-0.2, -0.15) is 0 Å². The van der Waals surface area contributed by atoms with E-state index in [-0.39, 0.29) is 0 Å². The zero-order valence-corrected chi connectivity index (χ0v) is 7.93. The fourth-order valence-electron chi connectivity index (χ4n) is 1.30. The van der Waals surface area contributed by atoms with Gasteiger partial charge in [-0.1, -0.05) is 12.1 Å². The van der Waals surface area contributed by atoms with Crippen molar-refractivity contribution in [3.8, 4) is 5.75 Å². The van der Waals surface area contributed by atoms with Crippen LogP contribution in [-0.2, 0) is 6.42 Å². The van der Waals surface area contributed by atoms with Crippen molar-refractivity contribution in [3.63, 3.8) is 0 Å². The smallest absolute Gasteiger partial charge is 0.198 e. The molecular formula is C11H11NO2. The lowest BCUT2D eigenvalue weighted by atomic mass is 10.1. The first-order valence-corrected chi connectivity index (χ1v) is 4.40. The van der Waals surface area contributed by atoms with Gasteiger partial charge in [-0.25, -0.2) is 4.98 Å². The Hall–Kier alpha value is -1.77. The Bertz CT molecular complexity index is 395. The normalized spacial score (nSPS) is 10.1. The van der Waals surface area contributed by atoms with Crippen LogP contribution in [0.5, 0.6) is 5.75 Å². The summed E-state index contributed by atoms with van der Waals surface area (Å²) in [7, 11) is 1.66. The standard InChI is InChI=1S/C11H11NO2/c1-13-10-4-2-3-9(7-10)8-11-12-5-6-14-11/h2-7H,8H2,1H3. The van der Waals surface area contributed by atoms with E-state index in [1.54, 1.807) is 19.6 Å². The number of nitrogens with zero attached hydrogens (tertiary/aromatic N) is 1. The third-order valence-electron chi connectivity index (χ3n) is 1.97. The molecule has 0 saturated heterocycles. The molecule has 1 heterocycles. The van der Waals surface area contributed by atoms with Crippen LogP contribution in [0, 0.1) is 0 Å². The Morgan fingerprint density at radius 3 is 3.07 bits per heavy atom. The van der Waals surface area contributed by atoms with E-state index in [4.69, 9.17) is 9.15 Å². The van der Waals surface area contributed by atoms with Crippen molar-refractivity contribution < 1.29 is 9.15 Å². The molecule has 0 bridgehead atoms. The molecule has 14 heavy (non-hydrogen) atoms. The van der Waals surface area contributed by atoms with E-state index in [9.17, 15) is 0 Å². The van der Waals surface area contributed by atoms with Crippen LogP contribution >= 0.6 is 0 Å². The van der Waals surface area contributed by atoms with Crippen molar-refractivity contribution in [2.24, 2.45) is 0 Å². The summed E-state index contributed by atoms with van der Waals surface area (Å²) >= 11 is 0. The lowest BCUT2D eigenvalue weighted by Crippen LogP contribution is -1.89. The molecule has 0 fully saturated rings. The molecule has 3 nitrogen and oxygen atoms in total. The Morgan fingerprint density at radius 1 is 1.43 bits per heavy atom. The lowest BCUT2D eigenvalue weighted by molar-refractivity contribution is 0.414. The maximum atomic E-state index is 5.16. The number of methoxy groups -OCH3 is 1. The Labute approximate surface area is 82.3 Å². The van der Waals surface area contributed by atoms with Gasteiger partial charge < -0.3 is 9.15 Å². The number of benzene rings is 1. The van der Waals surface area contributed by atoms with Crippen LogP contribution in [0.3, 0.4) is 0 Å². The van der Waals surface area contributed by atoms with E-state index in [0.717, 1.165) is 17.2 Å². The van der Waals surface area contributed by atoms with Crippen molar-refractivity contribution in [1.82, 2.24) is 4.98 Å². The molecule has 0 N–H and O–H groups in total. The second-order valence-corrected chi connectivity index (χ2v) is 2.95. The van der Waals surface area contributed by atoms with Crippen molar-refractivity contribution >= 4 is 0 Å². The molecule has 2 aromatic rings. The predicted molar refractivity (Wildman–Crippen MR) is 52.3 cm³/mol. The van der Waals surface area contributed by atoms with E-state index < -0.39 is 0 Å². The Morgan fingerprint density at radius 2 is 2.36 bits per heavy atom. The molecule has 0 aliphatic carbocycles. The van der Waals surface area contributed by atoms with E-state index in [0.29, 0.717) is 6.42 Å². The molecule has 0 saturated carbocycles. The number of oxazole rings is 1. The van der Waals surface area contributed by atoms with Gasteiger partial charge in [0.1, 0.15) is 12.0 Å². The molecular weight excluding hydrogens is 178 g/mol. The molecule has 0 unspecified atom stereocenters. The molecule has 72 valence electrons. The van der Waals surface area contributed by atoms with Gasteiger partial charge in [0.2, 0.25) is 0 Å². The van der Waals surface area contributed by atoms with Gasteiger partial charge in [0, 0.05) is 6.42 Å². The third-order valence-corrected chi connectivity index (χ3v) is 1.97. The minimum Gasteiger partial charge on any atom is -0.497 e. The number of rotatable bonds is 3. The number of aromatic nitrogens is 1. The van der Waals surface area contributed by atoms with Crippen molar-refractivity contribution in [3.05, 3.63) is 48.2 Å². The van der Waals surface area contributed by atoms with Gasteiger partial charge in [0.25, 0.3) is 0 Å². The predicted octanol–water partition coefficient (Wildman–Crippen LogP) is 2.27. The fourth-order valence-corrected chi connectivity index (χ4v) is 1.30. The highest BCUT2D eigenvalue weighted by molar-refractivity contribution is 5.29. The molecule has 1 aromatic heterocycles. The first kappa shape index (κ1) is 8.81. The topological polar surface area (TPSA) is 35.3 Å². The van der Waals surface area contributed by atoms with Crippen LogP contribution in [0.15, 0.2) is 41.1 Å². The minimum atomic E-state index is 0.699. The summed E-state index contributed by atoms with van der Waals surface area (Å²) in [5, 5.41) is 0. The summed E-state index contributed by atoms with van der Waals surface area (Å²) < 4.78 is 10.3. The first-order valence-electron chi connectivity index (χ1n) is 4.40. The number of ether oxygens (including phenoxy) is 1. The van der Waals surface area contributed by atoms with Crippen LogP contribution in [0.1, 0.15) is 11.5 Å². The molecule has 0 atom stereocenters. The molecule has 0 spiro atoms. The van der Waals surface area contributed by atoms with E-state index in [1.807, 2.05) is 24.3 Å².